The van der Waals surface area contributed by atoms with Crippen molar-refractivity contribution in [1.29, 1.82) is 0 Å². The zero-order valence-electron chi connectivity index (χ0n) is 23.5. The fourth-order valence-corrected chi connectivity index (χ4v) is 4.74. The van der Waals surface area contributed by atoms with E-state index in [1.165, 1.54) is 0 Å². The van der Waals surface area contributed by atoms with Gasteiger partial charge in [-0.05, 0) is 34.8 Å². The van der Waals surface area contributed by atoms with Gasteiger partial charge in [0.05, 0.1) is 33.0 Å². The highest BCUT2D eigenvalue weighted by atomic mass is 28.4. The van der Waals surface area contributed by atoms with Crippen LogP contribution in [0.5, 0.6) is 0 Å². The molecule has 206 valence electrons. The summed E-state index contributed by atoms with van der Waals surface area (Å²) in [6.07, 6.45) is -2.02. The van der Waals surface area contributed by atoms with E-state index in [2.05, 4.69) is 33.9 Å². The Morgan fingerprint density at radius 2 is 1.11 bits per heavy atom. The van der Waals surface area contributed by atoms with Gasteiger partial charge >= 0.3 is 0 Å². The zero-order valence-corrected chi connectivity index (χ0v) is 24.5. The van der Waals surface area contributed by atoms with E-state index >= 15 is 0 Å². The van der Waals surface area contributed by atoms with Crippen molar-refractivity contribution in [2.24, 2.45) is 0 Å². The van der Waals surface area contributed by atoms with Gasteiger partial charge in [0.25, 0.3) is 0 Å². The third-order valence-electron chi connectivity index (χ3n) is 7.15. The summed E-state index contributed by atoms with van der Waals surface area (Å²) < 4.78 is 25.3. The minimum Gasteiger partial charge on any atom is -0.414 e. The van der Waals surface area contributed by atoms with Gasteiger partial charge < -0.3 is 23.7 Å². The summed E-state index contributed by atoms with van der Waals surface area (Å²) >= 11 is 0. The van der Waals surface area contributed by atoms with E-state index in [1.54, 1.807) is 0 Å². The average molecular weight is 537 g/mol. The highest BCUT2D eigenvalue weighted by Gasteiger charge is 2.39. The number of rotatable bonds is 15. The van der Waals surface area contributed by atoms with E-state index in [1.807, 2.05) is 91.0 Å². The topological polar surface area (TPSA) is 57.2 Å². The Hall–Kier alpha value is -2.32. The lowest BCUT2D eigenvalue weighted by atomic mass is 10.1. The third-order valence-corrected chi connectivity index (χ3v) is 11.7. The molecule has 0 radical (unpaired) electrons. The molecule has 3 atom stereocenters. The Labute approximate surface area is 229 Å². The Morgan fingerprint density at radius 3 is 1.58 bits per heavy atom. The molecule has 1 N–H and O–H groups in total. The maximum atomic E-state index is 11.3. The van der Waals surface area contributed by atoms with Crippen LogP contribution in [0.3, 0.4) is 0 Å². The Bertz CT molecular complexity index is 1040. The largest absolute Gasteiger partial charge is 0.414 e. The second-order valence-electron chi connectivity index (χ2n) is 11.2. The molecule has 0 amide bonds. The Morgan fingerprint density at radius 1 is 0.658 bits per heavy atom. The number of benzene rings is 3. The van der Waals surface area contributed by atoms with Crippen LogP contribution in [-0.2, 0) is 38.5 Å². The van der Waals surface area contributed by atoms with Crippen LogP contribution in [0.25, 0.3) is 0 Å². The van der Waals surface area contributed by atoms with Gasteiger partial charge in [0, 0.05) is 0 Å². The van der Waals surface area contributed by atoms with Gasteiger partial charge in [-0.25, -0.2) is 0 Å². The summed E-state index contributed by atoms with van der Waals surface area (Å²) in [6.45, 7) is 12.7. The van der Waals surface area contributed by atoms with Crippen molar-refractivity contribution in [3.05, 3.63) is 108 Å². The molecule has 0 aliphatic carbocycles. The van der Waals surface area contributed by atoms with Crippen molar-refractivity contribution in [3.63, 3.8) is 0 Å². The molecular weight excluding hydrogens is 492 g/mol. The lowest BCUT2D eigenvalue weighted by Gasteiger charge is -2.39. The van der Waals surface area contributed by atoms with E-state index in [9.17, 15) is 5.11 Å². The molecular formula is C32H44O5Si. The minimum absolute atomic E-state index is 0.0504. The molecule has 0 bridgehead atoms. The molecule has 0 saturated carbocycles. The molecule has 0 aromatic heterocycles. The molecule has 5 nitrogen and oxygen atoms in total. The first-order valence-corrected chi connectivity index (χ1v) is 16.3. The van der Waals surface area contributed by atoms with Gasteiger partial charge in [-0.2, -0.15) is 0 Å². The number of ether oxygens (including phenoxy) is 3. The maximum absolute atomic E-state index is 11.3. The zero-order chi connectivity index (χ0) is 27.4. The van der Waals surface area contributed by atoms with Gasteiger partial charge in [-0.3, -0.25) is 0 Å². The Balaban J connectivity index is 1.77. The molecule has 3 rings (SSSR count). The third kappa shape index (κ3) is 9.77. The Kier molecular flexibility index (Phi) is 11.7. The van der Waals surface area contributed by atoms with Gasteiger partial charge in [-0.15, -0.1) is 0 Å². The molecule has 0 fully saturated rings. The summed E-state index contributed by atoms with van der Waals surface area (Å²) in [5.41, 5.74) is 3.14. The SMILES string of the molecule is CC(C)(C)[Si](C)(C)OC[C@H](OCc1ccccc1)[C@H](OCc1ccccc1)[C@@H](O)COCc1ccccc1. The van der Waals surface area contributed by atoms with Gasteiger partial charge in [-0.1, -0.05) is 112 Å². The fraction of sp³-hybridized carbons (Fsp3) is 0.438. The molecule has 0 aliphatic rings. The highest BCUT2D eigenvalue weighted by molar-refractivity contribution is 6.74. The standard InChI is InChI=1S/C32H44O5Si/c1-32(2,3)38(4,5)37-25-30(35-22-27-17-11-7-12-18-27)31(36-23-28-19-13-8-14-20-28)29(33)24-34-21-26-15-9-6-10-16-26/h6-20,29-31,33H,21-25H2,1-5H3/t29-,30-,31+/m0/s1. The van der Waals surface area contributed by atoms with Crippen molar-refractivity contribution in [2.45, 2.75) is 77.0 Å². The predicted octanol–water partition coefficient (Wildman–Crippen LogP) is 6.76. The average Bonchev–Trinajstić information content (AvgIpc) is 2.91. The molecule has 3 aromatic rings. The summed E-state index contributed by atoms with van der Waals surface area (Å²) in [7, 11) is -2.06. The first-order chi connectivity index (χ1) is 18.2. The van der Waals surface area contributed by atoms with E-state index in [-0.39, 0.29) is 11.6 Å². The van der Waals surface area contributed by atoms with Crippen LogP contribution in [0.4, 0.5) is 0 Å². The van der Waals surface area contributed by atoms with Crippen LogP contribution in [-0.4, -0.2) is 44.9 Å². The van der Waals surface area contributed by atoms with E-state index in [0.717, 1.165) is 16.7 Å². The number of hydrogen-bond acceptors (Lipinski definition) is 5. The predicted molar refractivity (Wildman–Crippen MR) is 155 cm³/mol. The summed E-state index contributed by atoms with van der Waals surface area (Å²) in [6, 6.07) is 30.0. The number of aliphatic hydroxyl groups is 1. The van der Waals surface area contributed by atoms with Crippen molar-refractivity contribution >= 4 is 8.32 Å². The van der Waals surface area contributed by atoms with Gasteiger partial charge in [0.15, 0.2) is 8.32 Å². The van der Waals surface area contributed by atoms with E-state index < -0.39 is 26.6 Å². The van der Waals surface area contributed by atoms with Crippen LogP contribution in [0.2, 0.25) is 18.1 Å². The summed E-state index contributed by atoms with van der Waals surface area (Å²) in [5, 5.41) is 11.4. The van der Waals surface area contributed by atoms with Crippen molar-refractivity contribution in [3.8, 4) is 0 Å². The second-order valence-corrected chi connectivity index (χ2v) is 16.0. The molecule has 0 aliphatic heterocycles. The molecule has 0 unspecified atom stereocenters. The lowest BCUT2D eigenvalue weighted by molar-refractivity contribution is -0.156. The van der Waals surface area contributed by atoms with Crippen molar-refractivity contribution in [2.75, 3.05) is 13.2 Å². The molecule has 3 aromatic carbocycles. The first-order valence-electron chi connectivity index (χ1n) is 13.4. The maximum Gasteiger partial charge on any atom is 0.192 e. The van der Waals surface area contributed by atoms with E-state index in [0.29, 0.717) is 26.4 Å². The van der Waals surface area contributed by atoms with Crippen LogP contribution in [0, 0.1) is 0 Å². The molecule has 0 spiro atoms. The summed E-state index contributed by atoms with van der Waals surface area (Å²) in [5.74, 6) is 0. The lowest BCUT2D eigenvalue weighted by Crippen LogP contribution is -2.49. The van der Waals surface area contributed by atoms with Crippen molar-refractivity contribution in [1.82, 2.24) is 0 Å². The summed E-state index contributed by atoms with van der Waals surface area (Å²) in [4.78, 5) is 0. The smallest absolute Gasteiger partial charge is 0.192 e. The number of aliphatic hydroxyl groups excluding tert-OH is 1. The van der Waals surface area contributed by atoms with Crippen LogP contribution in [0.1, 0.15) is 37.5 Å². The monoisotopic (exact) mass is 536 g/mol. The fourth-order valence-electron chi connectivity index (χ4n) is 3.72. The van der Waals surface area contributed by atoms with Crippen molar-refractivity contribution < 1.29 is 23.7 Å². The molecule has 38 heavy (non-hydrogen) atoms. The number of hydrogen-bond donors (Lipinski definition) is 1. The highest BCUT2D eigenvalue weighted by Crippen LogP contribution is 2.37. The van der Waals surface area contributed by atoms with Gasteiger partial charge in [0.1, 0.15) is 18.3 Å². The van der Waals surface area contributed by atoms with E-state index in [4.69, 9.17) is 18.6 Å². The quantitative estimate of drug-likeness (QED) is 0.218. The first kappa shape index (κ1) is 30.2. The van der Waals surface area contributed by atoms with Crippen LogP contribution in [0.15, 0.2) is 91.0 Å². The van der Waals surface area contributed by atoms with Crippen LogP contribution >= 0.6 is 0 Å². The molecule has 0 saturated heterocycles. The molecule has 6 heteroatoms. The van der Waals surface area contributed by atoms with Crippen LogP contribution < -0.4 is 0 Å². The second kappa shape index (κ2) is 14.7. The minimum atomic E-state index is -2.06. The normalized spacial score (nSPS) is 14.7. The van der Waals surface area contributed by atoms with Gasteiger partial charge in [0.2, 0.25) is 0 Å². The molecule has 0 heterocycles.